The Bertz CT molecular complexity index is 125. The molecule has 0 nitrogen and oxygen atoms in total. The van der Waals surface area contributed by atoms with Crippen LogP contribution in [-0.4, -0.2) is 0 Å². The van der Waals surface area contributed by atoms with Crippen molar-refractivity contribution in [2.45, 2.75) is 72.1 Å². The Kier molecular flexibility index (Phi) is 5.59. The van der Waals surface area contributed by atoms with E-state index >= 15 is 0 Å². The first-order chi connectivity index (χ1) is 6.74. The molecule has 0 aromatic carbocycles. The maximum atomic E-state index is 2.22. The summed E-state index contributed by atoms with van der Waals surface area (Å²) in [5.74, 6) is 3.22. The van der Waals surface area contributed by atoms with Crippen LogP contribution in [0.25, 0.3) is 0 Å². The van der Waals surface area contributed by atoms with E-state index < -0.39 is 0 Å². The second-order valence-electron chi connectivity index (χ2n) is 5.54. The van der Waals surface area contributed by atoms with Gasteiger partial charge < -0.3 is 0 Å². The first-order valence-electron chi connectivity index (χ1n) is 6.74. The van der Waals surface area contributed by atoms with Gasteiger partial charge in [0, 0.05) is 0 Å². The van der Waals surface area contributed by atoms with Crippen LogP contribution >= 0.6 is 0 Å². The number of hydrogen-bond acceptors (Lipinski definition) is 0. The molecule has 0 N–H and O–H groups in total. The minimum Gasteiger partial charge on any atom is -0.0651 e. The summed E-state index contributed by atoms with van der Waals surface area (Å²) in [5.41, 5.74) is 0. The van der Waals surface area contributed by atoms with Gasteiger partial charge in [-0.2, -0.15) is 0 Å². The summed E-state index contributed by atoms with van der Waals surface area (Å²) in [6, 6.07) is 0. The average molecular weight is 196 g/mol. The molecule has 0 bridgehead atoms. The smallest absolute Gasteiger partial charge is 0.0386 e. The standard InChI is InChI=1S/C9H16.C5H12/c1-2-5-9-7-3-6-8(9)4-1;1-4-5(2)3/h8-9H,1-7H2;5H,4H2,1-3H3. The minimum atomic E-state index is 0.884. The molecular weight excluding hydrogens is 168 g/mol. The van der Waals surface area contributed by atoms with Crippen LogP contribution < -0.4 is 0 Å². The number of hydrogen-bond donors (Lipinski definition) is 0. The maximum Gasteiger partial charge on any atom is -0.0386 e. The Morgan fingerprint density at radius 3 is 1.57 bits per heavy atom. The van der Waals surface area contributed by atoms with Crippen molar-refractivity contribution in [1.29, 1.82) is 0 Å². The van der Waals surface area contributed by atoms with Gasteiger partial charge in [0.2, 0.25) is 0 Å². The third-order valence-corrected chi connectivity index (χ3v) is 4.03. The molecule has 2 saturated carbocycles. The fourth-order valence-corrected chi connectivity index (χ4v) is 2.69. The highest BCUT2D eigenvalue weighted by atomic mass is 14.3. The molecule has 0 spiro atoms. The highest BCUT2D eigenvalue weighted by Crippen LogP contribution is 2.41. The average Bonchev–Trinajstić information content (AvgIpc) is 2.66. The van der Waals surface area contributed by atoms with Crippen LogP contribution in [0.5, 0.6) is 0 Å². The molecule has 2 aliphatic rings. The van der Waals surface area contributed by atoms with E-state index in [1.807, 2.05) is 0 Å². The van der Waals surface area contributed by atoms with Crippen molar-refractivity contribution in [1.82, 2.24) is 0 Å². The highest BCUT2D eigenvalue weighted by molar-refractivity contribution is 4.80. The van der Waals surface area contributed by atoms with Gasteiger partial charge in [0.15, 0.2) is 0 Å². The van der Waals surface area contributed by atoms with Crippen LogP contribution in [0.4, 0.5) is 0 Å². The fourth-order valence-electron chi connectivity index (χ4n) is 2.69. The number of fused-ring (bicyclic) bond motifs is 1. The van der Waals surface area contributed by atoms with Crippen molar-refractivity contribution < 1.29 is 0 Å². The molecule has 0 heterocycles. The Balaban J connectivity index is 0.000000171. The van der Waals surface area contributed by atoms with Crippen molar-refractivity contribution in [2.24, 2.45) is 17.8 Å². The van der Waals surface area contributed by atoms with E-state index in [0.717, 1.165) is 5.92 Å². The maximum absolute atomic E-state index is 2.22. The van der Waals surface area contributed by atoms with Crippen molar-refractivity contribution in [3.05, 3.63) is 0 Å². The third-order valence-electron chi connectivity index (χ3n) is 4.03. The van der Waals surface area contributed by atoms with Gasteiger partial charge in [-0.05, 0) is 17.8 Å². The predicted molar refractivity (Wildman–Crippen MR) is 64.4 cm³/mol. The third kappa shape index (κ3) is 4.02. The quantitative estimate of drug-likeness (QED) is 0.552. The summed E-state index contributed by atoms with van der Waals surface area (Å²) in [4.78, 5) is 0. The summed E-state index contributed by atoms with van der Waals surface area (Å²) in [5, 5.41) is 0. The molecule has 2 unspecified atom stereocenters. The molecule has 2 atom stereocenters. The molecule has 84 valence electrons. The van der Waals surface area contributed by atoms with E-state index in [1.165, 1.54) is 37.5 Å². The van der Waals surface area contributed by atoms with Crippen LogP contribution in [0.3, 0.4) is 0 Å². The van der Waals surface area contributed by atoms with Crippen molar-refractivity contribution >= 4 is 0 Å². The lowest BCUT2D eigenvalue weighted by molar-refractivity contribution is 0.277. The molecule has 0 heteroatoms. The lowest BCUT2D eigenvalue weighted by Gasteiger charge is -2.24. The van der Waals surface area contributed by atoms with Gasteiger partial charge in [0.05, 0.1) is 0 Å². The zero-order valence-corrected chi connectivity index (χ0v) is 10.4. The summed E-state index contributed by atoms with van der Waals surface area (Å²) >= 11 is 0. The van der Waals surface area contributed by atoms with Gasteiger partial charge in [0.25, 0.3) is 0 Å². The first kappa shape index (κ1) is 12.1. The van der Waals surface area contributed by atoms with E-state index in [9.17, 15) is 0 Å². The molecular formula is C14H28. The van der Waals surface area contributed by atoms with E-state index in [0.29, 0.717) is 0 Å². The lowest BCUT2D eigenvalue weighted by atomic mass is 9.82. The molecule has 14 heavy (non-hydrogen) atoms. The van der Waals surface area contributed by atoms with E-state index in [2.05, 4.69) is 20.8 Å². The minimum absolute atomic E-state index is 0.884. The topological polar surface area (TPSA) is 0 Å². The number of rotatable bonds is 1. The van der Waals surface area contributed by atoms with Gasteiger partial charge in [0.1, 0.15) is 0 Å². The Morgan fingerprint density at radius 1 is 0.857 bits per heavy atom. The largest absolute Gasteiger partial charge is 0.0651 e. The predicted octanol–water partition coefficient (Wildman–Crippen LogP) is 5.03. The summed E-state index contributed by atoms with van der Waals surface area (Å²) in [6.07, 6.45) is 12.1. The normalized spacial score (nSPS) is 30.9. The SMILES string of the molecule is C1CCC2CCCC2C1.CCC(C)C. The Labute approximate surface area is 90.5 Å². The van der Waals surface area contributed by atoms with E-state index in [4.69, 9.17) is 0 Å². The van der Waals surface area contributed by atoms with Gasteiger partial charge in [-0.3, -0.25) is 0 Å². The Morgan fingerprint density at radius 2 is 1.21 bits per heavy atom. The molecule has 0 aromatic heterocycles. The molecule has 0 saturated heterocycles. The summed E-state index contributed by atoms with van der Waals surface area (Å²) in [7, 11) is 0. The molecule has 2 fully saturated rings. The molecule has 2 rings (SSSR count). The zero-order valence-electron chi connectivity index (χ0n) is 10.4. The zero-order chi connectivity index (χ0) is 10.4. The van der Waals surface area contributed by atoms with Gasteiger partial charge in [-0.1, -0.05) is 72.1 Å². The van der Waals surface area contributed by atoms with Crippen molar-refractivity contribution in [2.75, 3.05) is 0 Å². The van der Waals surface area contributed by atoms with Crippen LogP contribution in [-0.2, 0) is 0 Å². The fraction of sp³-hybridized carbons (Fsp3) is 1.00. The molecule has 2 aliphatic carbocycles. The first-order valence-corrected chi connectivity index (χ1v) is 6.74. The summed E-state index contributed by atoms with van der Waals surface area (Å²) in [6.45, 7) is 6.64. The van der Waals surface area contributed by atoms with Crippen LogP contribution in [0.2, 0.25) is 0 Å². The second kappa shape index (κ2) is 6.48. The lowest BCUT2D eigenvalue weighted by Crippen LogP contribution is -2.12. The van der Waals surface area contributed by atoms with Crippen LogP contribution in [0.15, 0.2) is 0 Å². The molecule has 0 aliphatic heterocycles. The molecule has 0 amide bonds. The molecule has 0 radical (unpaired) electrons. The van der Waals surface area contributed by atoms with Gasteiger partial charge in [-0.15, -0.1) is 0 Å². The van der Waals surface area contributed by atoms with Crippen LogP contribution in [0.1, 0.15) is 72.1 Å². The van der Waals surface area contributed by atoms with Gasteiger partial charge >= 0.3 is 0 Å². The second-order valence-corrected chi connectivity index (χ2v) is 5.54. The van der Waals surface area contributed by atoms with Crippen molar-refractivity contribution in [3.8, 4) is 0 Å². The van der Waals surface area contributed by atoms with E-state index in [-0.39, 0.29) is 0 Å². The monoisotopic (exact) mass is 196 g/mol. The van der Waals surface area contributed by atoms with Crippen LogP contribution in [0, 0.1) is 17.8 Å². The van der Waals surface area contributed by atoms with Crippen molar-refractivity contribution in [3.63, 3.8) is 0 Å². The molecule has 0 aromatic rings. The highest BCUT2D eigenvalue weighted by Gasteiger charge is 2.28. The van der Waals surface area contributed by atoms with Gasteiger partial charge in [-0.25, -0.2) is 0 Å². The summed E-state index contributed by atoms with van der Waals surface area (Å²) < 4.78 is 0. The Hall–Kier alpha value is 0. The van der Waals surface area contributed by atoms with E-state index in [1.54, 1.807) is 25.7 Å².